The first-order valence-electron chi connectivity index (χ1n) is 18.2. The first kappa shape index (κ1) is 38.2. The molecule has 6 nitrogen and oxygen atoms in total. The van der Waals surface area contributed by atoms with Crippen LogP contribution in [0.15, 0.2) is 103 Å². The monoisotopic (exact) mass is 757 g/mol. The van der Waals surface area contributed by atoms with Crippen molar-refractivity contribution in [2.75, 3.05) is 40.3 Å². The standard InChI is InChI=1S/C43H49Cl2N3O3S/c1-31(2)41(50)46(3)30-42(35-19-20-38(44)39(45)27-35,21-24-48-25-22-43(23-26-48)37-18-12-11-17-34(37)29-52(43)51)47(4)40(49)28-36(32-13-7-5-8-14-32)33-15-9-6-10-16-33/h5-20,27,31,36H,21-26,28-30H2,1-4H3/t42?,52-/m0/s1. The van der Waals surface area contributed by atoms with E-state index >= 15 is 0 Å². The molecule has 1 spiro atoms. The first-order valence-corrected chi connectivity index (χ1v) is 20.3. The Morgan fingerprint density at radius 1 is 0.846 bits per heavy atom. The molecule has 1 unspecified atom stereocenters. The van der Waals surface area contributed by atoms with E-state index in [9.17, 15) is 13.8 Å². The van der Waals surface area contributed by atoms with Crippen LogP contribution in [0.4, 0.5) is 0 Å². The lowest BCUT2D eigenvalue weighted by Gasteiger charge is -2.47. The van der Waals surface area contributed by atoms with Gasteiger partial charge in [-0.25, -0.2) is 0 Å². The lowest BCUT2D eigenvalue weighted by Crippen LogP contribution is -2.56. The number of benzene rings is 4. The number of carbonyl (C=O) groups is 2. The molecule has 9 heteroatoms. The van der Waals surface area contributed by atoms with Crippen LogP contribution in [0.3, 0.4) is 0 Å². The van der Waals surface area contributed by atoms with Crippen molar-refractivity contribution in [3.8, 4) is 0 Å². The van der Waals surface area contributed by atoms with Gasteiger partial charge in [-0.05, 0) is 72.3 Å². The number of halogens is 2. The van der Waals surface area contributed by atoms with Gasteiger partial charge in [-0.1, -0.05) is 128 Å². The fourth-order valence-corrected chi connectivity index (χ4v) is 10.5. The summed E-state index contributed by atoms with van der Waals surface area (Å²) in [6.07, 6.45) is 2.42. The van der Waals surface area contributed by atoms with Crippen LogP contribution >= 0.6 is 23.2 Å². The van der Waals surface area contributed by atoms with E-state index in [0.717, 1.165) is 42.6 Å². The summed E-state index contributed by atoms with van der Waals surface area (Å²) in [6.45, 7) is 6.33. The number of hydrogen-bond donors (Lipinski definition) is 0. The van der Waals surface area contributed by atoms with Gasteiger partial charge in [0, 0.05) is 62.0 Å². The average molecular weight is 759 g/mol. The highest BCUT2D eigenvalue weighted by molar-refractivity contribution is 7.85. The minimum atomic E-state index is -0.955. The van der Waals surface area contributed by atoms with E-state index in [0.29, 0.717) is 28.8 Å². The number of hydrogen-bond acceptors (Lipinski definition) is 4. The van der Waals surface area contributed by atoms with Gasteiger partial charge in [-0.15, -0.1) is 0 Å². The Kier molecular flexibility index (Phi) is 12.0. The summed E-state index contributed by atoms with van der Waals surface area (Å²) in [5, 5.41) is 0.829. The SMILES string of the molecule is CC(C)C(=O)N(C)CC(CCN1CCC2(CC1)c1ccccc1C[S@@]2=O)(c1ccc(Cl)c(Cl)c1)N(C)C(=O)CC(c1ccccc1)c1ccccc1. The van der Waals surface area contributed by atoms with E-state index in [1.165, 1.54) is 11.1 Å². The topological polar surface area (TPSA) is 60.9 Å². The molecule has 2 atom stereocenters. The highest BCUT2D eigenvalue weighted by Gasteiger charge is 2.48. The van der Waals surface area contributed by atoms with Gasteiger partial charge in [-0.2, -0.15) is 0 Å². The summed E-state index contributed by atoms with van der Waals surface area (Å²) in [6, 6.07) is 34.3. The summed E-state index contributed by atoms with van der Waals surface area (Å²) < 4.78 is 13.3. The van der Waals surface area contributed by atoms with Gasteiger partial charge in [0.05, 0.1) is 20.3 Å². The van der Waals surface area contributed by atoms with E-state index in [1.807, 2.05) is 87.4 Å². The Labute approximate surface area is 321 Å². The molecule has 0 saturated carbocycles. The first-order chi connectivity index (χ1) is 24.9. The number of piperidine rings is 1. The number of likely N-dealkylation sites (N-methyl/N-ethyl adjacent to an activating group) is 2. The lowest BCUT2D eigenvalue weighted by molar-refractivity contribution is -0.143. The van der Waals surface area contributed by atoms with Crippen molar-refractivity contribution in [2.24, 2.45) is 5.92 Å². The second kappa shape index (κ2) is 16.3. The maximum atomic E-state index is 14.8. The predicted octanol–water partition coefficient (Wildman–Crippen LogP) is 8.63. The number of likely N-dealkylation sites (tertiary alicyclic amines) is 1. The molecule has 1 fully saturated rings. The number of fused-ring (bicyclic) bond motifs is 2. The number of rotatable bonds is 12. The molecule has 2 heterocycles. The van der Waals surface area contributed by atoms with E-state index in [1.54, 1.807) is 11.0 Å². The van der Waals surface area contributed by atoms with E-state index in [2.05, 4.69) is 47.4 Å². The zero-order chi connectivity index (χ0) is 37.0. The summed E-state index contributed by atoms with van der Waals surface area (Å²) in [5.41, 5.74) is 4.47. The van der Waals surface area contributed by atoms with Crippen LogP contribution in [0.2, 0.25) is 10.0 Å². The second-order valence-electron chi connectivity index (χ2n) is 14.8. The molecule has 52 heavy (non-hydrogen) atoms. The molecule has 2 aliphatic heterocycles. The minimum absolute atomic E-state index is 0.000903. The summed E-state index contributed by atoms with van der Waals surface area (Å²) in [5.74, 6) is 0.203. The molecule has 0 aromatic heterocycles. The molecule has 0 aliphatic carbocycles. The van der Waals surface area contributed by atoms with Crippen molar-refractivity contribution in [1.29, 1.82) is 0 Å². The third-order valence-electron chi connectivity index (χ3n) is 11.4. The molecule has 274 valence electrons. The van der Waals surface area contributed by atoms with Crippen molar-refractivity contribution < 1.29 is 13.8 Å². The van der Waals surface area contributed by atoms with Gasteiger partial charge in [0.25, 0.3) is 0 Å². The molecular formula is C43H49Cl2N3O3S. The number of carbonyl (C=O) groups excluding carboxylic acids is 2. The van der Waals surface area contributed by atoms with E-state index in [4.69, 9.17) is 23.2 Å². The van der Waals surface area contributed by atoms with Gasteiger partial charge < -0.3 is 14.7 Å². The number of nitrogens with zero attached hydrogens (tertiary/aromatic N) is 3. The fourth-order valence-electron chi connectivity index (χ4n) is 8.30. The Morgan fingerprint density at radius 2 is 1.44 bits per heavy atom. The molecule has 6 rings (SSSR count). The number of amides is 2. The fraction of sp³-hybridized carbons (Fsp3) is 0.395. The average Bonchev–Trinajstić information content (AvgIpc) is 3.43. The molecular weight excluding hydrogens is 709 g/mol. The van der Waals surface area contributed by atoms with Crippen LogP contribution < -0.4 is 0 Å². The van der Waals surface area contributed by atoms with Crippen molar-refractivity contribution >= 4 is 45.8 Å². The quantitative estimate of drug-likeness (QED) is 0.145. The van der Waals surface area contributed by atoms with Gasteiger partial charge in [0.1, 0.15) is 0 Å². The van der Waals surface area contributed by atoms with E-state index in [-0.39, 0.29) is 41.4 Å². The largest absolute Gasteiger partial charge is 0.343 e. The molecule has 1 saturated heterocycles. The highest BCUT2D eigenvalue weighted by Crippen LogP contribution is 2.47. The van der Waals surface area contributed by atoms with Crippen LogP contribution in [0, 0.1) is 5.92 Å². The molecule has 2 aliphatic rings. The molecule has 0 bridgehead atoms. The second-order valence-corrected chi connectivity index (χ2v) is 17.3. The zero-order valence-corrected chi connectivity index (χ0v) is 32.9. The smallest absolute Gasteiger partial charge is 0.224 e. The molecule has 4 aromatic carbocycles. The minimum Gasteiger partial charge on any atom is -0.343 e. The third-order valence-corrected chi connectivity index (χ3v) is 14.2. The van der Waals surface area contributed by atoms with Crippen LogP contribution in [-0.4, -0.2) is 71.0 Å². The Balaban J connectivity index is 1.34. The van der Waals surface area contributed by atoms with Crippen molar-refractivity contribution in [2.45, 2.75) is 61.5 Å². The van der Waals surface area contributed by atoms with Gasteiger partial charge in [0.15, 0.2) is 0 Å². The third kappa shape index (κ3) is 7.75. The molecule has 0 radical (unpaired) electrons. The van der Waals surface area contributed by atoms with Crippen LogP contribution in [0.25, 0.3) is 0 Å². The van der Waals surface area contributed by atoms with Crippen LogP contribution in [0.1, 0.15) is 73.3 Å². The zero-order valence-electron chi connectivity index (χ0n) is 30.6. The lowest BCUT2D eigenvalue weighted by atomic mass is 9.81. The Morgan fingerprint density at radius 3 is 2.04 bits per heavy atom. The maximum absolute atomic E-state index is 14.8. The summed E-state index contributed by atoms with van der Waals surface area (Å²) in [7, 11) is 2.74. The summed E-state index contributed by atoms with van der Waals surface area (Å²) in [4.78, 5) is 34.4. The molecule has 2 amide bonds. The Bertz CT molecular complexity index is 1860. The van der Waals surface area contributed by atoms with Gasteiger partial charge >= 0.3 is 0 Å². The van der Waals surface area contributed by atoms with Crippen molar-refractivity contribution in [1.82, 2.24) is 14.7 Å². The predicted molar refractivity (Wildman–Crippen MR) is 213 cm³/mol. The normalized spacial score (nSPS) is 18.0. The van der Waals surface area contributed by atoms with Crippen LogP contribution in [0.5, 0.6) is 0 Å². The van der Waals surface area contributed by atoms with E-state index < -0.39 is 16.3 Å². The molecule has 0 N–H and O–H groups in total. The maximum Gasteiger partial charge on any atom is 0.224 e. The Hall–Kier alpha value is -3.49. The van der Waals surface area contributed by atoms with Crippen LogP contribution in [-0.2, 0) is 36.4 Å². The van der Waals surface area contributed by atoms with Gasteiger partial charge in [-0.3, -0.25) is 13.8 Å². The summed E-state index contributed by atoms with van der Waals surface area (Å²) >= 11 is 13.2. The highest BCUT2D eigenvalue weighted by atomic mass is 35.5. The van der Waals surface area contributed by atoms with Crippen molar-refractivity contribution in [3.63, 3.8) is 0 Å². The van der Waals surface area contributed by atoms with Gasteiger partial charge in [0.2, 0.25) is 11.8 Å². The van der Waals surface area contributed by atoms with Crippen molar-refractivity contribution in [3.05, 3.63) is 141 Å². The molecule has 4 aromatic rings.